The number of rotatable bonds is 5. The van der Waals surface area contributed by atoms with E-state index in [9.17, 15) is 4.79 Å². The Hall–Kier alpha value is -4.58. The number of nitrogens with zero attached hydrogens (tertiary/aromatic N) is 4. The highest BCUT2D eigenvalue weighted by Crippen LogP contribution is 2.39. The highest BCUT2D eigenvalue weighted by molar-refractivity contribution is 5.91. The number of carbonyl (C=O) groups is 1. The van der Waals surface area contributed by atoms with Crippen LogP contribution in [0.25, 0.3) is 11.5 Å². The smallest absolute Gasteiger partial charge is 0.308 e. The van der Waals surface area contributed by atoms with Crippen LogP contribution in [-0.2, 0) is 19.4 Å². The number of para-hydroxylation sites is 2. The summed E-state index contributed by atoms with van der Waals surface area (Å²) >= 11 is 0. The highest BCUT2D eigenvalue weighted by Gasteiger charge is 2.36. The summed E-state index contributed by atoms with van der Waals surface area (Å²) in [4.78, 5) is 16.1. The number of aromatic nitrogens is 3. The molecule has 5 aromatic rings. The SMILES string of the molecule is CCc1ccccc1NC(=O)N1Cc2c(CC)nn(-c3ccccc3)c2-n2cccc2C1c1ccccc1. The zero-order valence-electron chi connectivity index (χ0n) is 21.7. The molecule has 190 valence electrons. The maximum absolute atomic E-state index is 14.2. The van der Waals surface area contributed by atoms with Gasteiger partial charge in [-0.25, -0.2) is 9.48 Å². The van der Waals surface area contributed by atoms with Crippen molar-refractivity contribution in [2.24, 2.45) is 0 Å². The van der Waals surface area contributed by atoms with Gasteiger partial charge in [0, 0.05) is 17.4 Å². The molecule has 6 nitrogen and oxygen atoms in total. The van der Waals surface area contributed by atoms with E-state index in [0.29, 0.717) is 6.54 Å². The van der Waals surface area contributed by atoms with Crippen LogP contribution in [0.5, 0.6) is 0 Å². The highest BCUT2D eigenvalue weighted by atomic mass is 16.2. The van der Waals surface area contributed by atoms with Crippen LogP contribution in [0.3, 0.4) is 0 Å². The summed E-state index contributed by atoms with van der Waals surface area (Å²) in [6.45, 7) is 4.66. The van der Waals surface area contributed by atoms with Gasteiger partial charge in [-0.1, -0.05) is 80.6 Å². The fraction of sp³-hybridized carbons (Fsp3) is 0.188. The van der Waals surface area contributed by atoms with Gasteiger partial charge in [0.05, 0.1) is 29.7 Å². The van der Waals surface area contributed by atoms with Crippen molar-refractivity contribution < 1.29 is 4.79 Å². The lowest BCUT2D eigenvalue weighted by atomic mass is 10.0. The first-order valence-electron chi connectivity index (χ1n) is 13.2. The Morgan fingerprint density at radius 3 is 2.32 bits per heavy atom. The van der Waals surface area contributed by atoms with E-state index >= 15 is 0 Å². The number of hydrogen-bond donors (Lipinski definition) is 1. The second-order valence-electron chi connectivity index (χ2n) is 9.53. The topological polar surface area (TPSA) is 55.1 Å². The Morgan fingerprint density at radius 1 is 0.868 bits per heavy atom. The molecule has 0 radical (unpaired) electrons. The molecule has 6 heteroatoms. The third-order valence-electron chi connectivity index (χ3n) is 7.32. The fourth-order valence-corrected chi connectivity index (χ4v) is 5.47. The van der Waals surface area contributed by atoms with Crippen molar-refractivity contribution in [1.29, 1.82) is 0 Å². The molecule has 0 bridgehead atoms. The summed E-state index contributed by atoms with van der Waals surface area (Å²) < 4.78 is 4.23. The minimum atomic E-state index is -0.277. The second kappa shape index (κ2) is 10.1. The van der Waals surface area contributed by atoms with E-state index in [-0.39, 0.29) is 12.1 Å². The number of anilines is 1. The summed E-state index contributed by atoms with van der Waals surface area (Å²) in [7, 11) is 0. The van der Waals surface area contributed by atoms with Crippen LogP contribution in [0.2, 0.25) is 0 Å². The predicted molar refractivity (Wildman–Crippen MR) is 151 cm³/mol. The normalized spacial score (nSPS) is 14.5. The van der Waals surface area contributed by atoms with Gasteiger partial charge in [0.15, 0.2) is 0 Å². The molecule has 1 aliphatic rings. The molecule has 1 unspecified atom stereocenters. The summed E-state index contributed by atoms with van der Waals surface area (Å²) in [6, 6.07) is 32.3. The van der Waals surface area contributed by atoms with Gasteiger partial charge < -0.3 is 14.8 Å². The molecule has 0 saturated heterocycles. The summed E-state index contributed by atoms with van der Waals surface area (Å²) in [6.07, 6.45) is 3.69. The molecule has 1 aliphatic heterocycles. The molecule has 0 fully saturated rings. The number of fused-ring (bicyclic) bond motifs is 3. The average Bonchev–Trinajstić information content (AvgIpc) is 3.55. The van der Waals surface area contributed by atoms with Gasteiger partial charge in [0.25, 0.3) is 0 Å². The van der Waals surface area contributed by atoms with Crippen LogP contribution in [0, 0.1) is 0 Å². The lowest BCUT2D eigenvalue weighted by Gasteiger charge is -2.31. The van der Waals surface area contributed by atoms with Crippen LogP contribution in [0.1, 0.15) is 48.0 Å². The van der Waals surface area contributed by atoms with Gasteiger partial charge >= 0.3 is 6.03 Å². The number of amides is 2. The number of carbonyl (C=O) groups excluding carboxylic acids is 1. The summed E-state index contributed by atoms with van der Waals surface area (Å²) in [5.74, 6) is 0.984. The van der Waals surface area contributed by atoms with Gasteiger partial charge in [-0.15, -0.1) is 0 Å². The zero-order chi connectivity index (χ0) is 26.1. The number of urea groups is 1. The van der Waals surface area contributed by atoms with E-state index in [2.05, 4.69) is 72.4 Å². The fourth-order valence-electron chi connectivity index (χ4n) is 5.47. The molecule has 0 spiro atoms. The van der Waals surface area contributed by atoms with E-state index in [1.807, 2.05) is 64.2 Å². The van der Waals surface area contributed by atoms with Crippen LogP contribution in [-0.4, -0.2) is 25.3 Å². The van der Waals surface area contributed by atoms with Crippen molar-refractivity contribution in [3.63, 3.8) is 0 Å². The van der Waals surface area contributed by atoms with Gasteiger partial charge in [-0.3, -0.25) is 0 Å². The van der Waals surface area contributed by atoms with Crippen LogP contribution in [0.4, 0.5) is 10.5 Å². The van der Waals surface area contributed by atoms with Crippen LogP contribution in [0.15, 0.2) is 103 Å². The molecule has 0 saturated carbocycles. The van der Waals surface area contributed by atoms with Crippen molar-refractivity contribution in [2.45, 2.75) is 39.3 Å². The Labute approximate surface area is 223 Å². The first-order valence-corrected chi connectivity index (χ1v) is 13.2. The Kier molecular flexibility index (Phi) is 6.30. The first kappa shape index (κ1) is 23.8. The molecular weight excluding hydrogens is 470 g/mol. The molecule has 0 aliphatic carbocycles. The number of nitrogens with one attached hydrogen (secondary N) is 1. The average molecular weight is 502 g/mol. The summed E-state index contributed by atoms with van der Waals surface area (Å²) in [5.41, 5.74) is 7.09. The third-order valence-corrected chi connectivity index (χ3v) is 7.32. The molecular formula is C32H31N5O. The molecule has 3 heterocycles. The molecule has 1 atom stereocenters. The van der Waals surface area contributed by atoms with Crippen molar-refractivity contribution in [3.8, 4) is 11.5 Å². The molecule has 1 N–H and O–H groups in total. The lowest BCUT2D eigenvalue weighted by Crippen LogP contribution is -2.38. The Morgan fingerprint density at radius 2 is 1.58 bits per heavy atom. The molecule has 38 heavy (non-hydrogen) atoms. The van der Waals surface area contributed by atoms with Crippen LogP contribution >= 0.6 is 0 Å². The van der Waals surface area contributed by atoms with Crippen molar-refractivity contribution in [3.05, 3.63) is 131 Å². The van der Waals surface area contributed by atoms with Gasteiger partial charge in [-0.2, -0.15) is 5.10 Å². The minimum absolute atomic E-state index is 0.130. The predicted octanol–water partition coefficient (Wildman–Crippen LogP) is 6.92. The molecule has 2 amide bonds. The quantitative estimate of drug-likeness (QED) is 0.284. The van der Waals surface area contributed by atoms with Gasteiger partial charge in [0.1, 0.15) is 5.82 Å². The second-order valence-corrected chi connectivity index (χ2v) is 9.53. The zero-order valence-corrected chi connectivity index (χ0v) is 21.7. The largest absolute Gasteiger partial charge is 0.322 e. The van der Waals surface area contributed by atoms with E-state index in [0.717, 1.165) is 58.1 Å². The third kappa shape index (κ3) is 4.08. The monoisotopic (exact) mass is 501 g/mol. The number of hydrogen-bond acceptors (Lipinski definition) is 2. The maximum Gasteiger partial charge on any atom is 0.322 e. The minimum Gasteiger partial charge on any atom is -0.308 e. The number of aryl methyl sites for hydroxylation is 2. The Balaban J connectivity index is 1.54. The summed E-state index contributed by atoms with van der Waals surface area (Å²) in [5, 5.41) is 8.28. The number of benzene rings is 3. The standard InChI is InChI=1S/C32H31N5O/c1-3-23-14-11-12-19-28(23)33-32(38)36-22-26-27(4-2)34-37(25-17-9-6-10-18-25)31(26)35-21-13-20-29(35)30(36)24-15-7-5-8-16-24/h5-21,30H,3-4,22H2,1-2H3,(H,33,38). The van der Waals surface area contributed by atoms with E-state index < -0.39 is 0 Å². The van der Waals surface area contributed by atoms with E-state index in [1.54, 1.807) is 0 Å². The van der Waals surface area contributed by atoms with Crippen molar-refractivity contribution in [2.75, 3.05) is 5.32 Å². The van der Waals surface area contributed by atoms with Crippen LogP contribution < -0.4 is 5.32 Å². The van der Waals surface area contributed by atoms with Gasteiger partial charge in [0.2, 0.25) is 0 Å². The van der Waals surface area contributed by atoms with E-state index in [1.165, 1.54) is 0 Å². The van der Waals surface area contributed by atoms with Gasteiger partial charge in [-0.05, 0) is 54.3 Å². The van der Waals surface area contributed by atoms with Crippen molar-refractivity contribution >= 4 is 11.7 Å². The molecule has 6 rings (SSSR count). The maximum atomic E-state index is 14.2. The molecule has 3 aromatic carbocycles. The van der Waals surface area contributed by atoms with Crippen molar-refractivity contribution in [1.82, 2.24) is 19.2 Å². The van der Waals surface area contributed by atoms with E-state index in [4.69, 9.17) is 5.10 Å². The lowest BCUT2D eigenvalue weighted by molar-refractivity contribution is 0.194. The molecule has 2 aromatic heterocycles. The first-order chi connectivity index (χ1) is 18.7. The Bertz CT molecular complexity index is 1570.